The van der Waals surface area contributed by atoms with Crippen LogP contribution in [0.25, 0.3) is 5.82 Å². The molecule has 2 heterocycles. The minimum Gasteiger partial charge on any atom is -0.477 e. The van der Waals surface area contributed by atoms with E-state index in [1.807, 2.05) is 0 Å². The molecule has 2 rings (SSSR count). The lowest BCUT2D eigenvalue weighted by Crippen LogP contribution is -2.14. The number of aromatic carboxylic acids is 1. The van der Waals surface area contributed by atoms with Crippen LogP contribution in [0.15, 0.2) is 29.0 Å². The molecule has 0 fully saturated rings. The number of rotatable bonds is 3. The van der Waals surface area contributed by atoms with Crippen molar-refractivity contribution in [3.63, 3.8) is 0 Å². The topological polar surface area (TPSA) is 97.1 Å². The van der Waals surface area contributed by atoms with Gasteiger partial charge in [0.15, 0.2) is 11.6 Å². The van der Waals surface area contributed by atoms with Gasteiger partial charge in [0.1, 0.15) is 5.56 Å². The number of carbonyl (C=O) groups excluding carboxylic acids is 1. The van der Waals surface area contributed by atoms with Crippen LogP contribution in [0.2, 0.25) is 0 Å². The highest BCUT2D eigenvalue weighted by Gasteiger charge is 2.19. The van der Waals surface area contributed by atoms with Gasteiger partial charge in [-0.1, -0.05) is 0 Å². The third-order valence-electron chi connectivity index (χ3n) is 2.22. The lowest BCUT2D eigenvalue weighted by atomic mass is 10.3. The minimum absolute atomic E-state index is 0.0785. The molecular formula is C11H9BrN4O3. The Morgan fingerprint density at radius 1 is 1.37 bits per heavy atom. The SMILES string of the molecule is CC(=O)Nc1c(C(=O)O)cnn1-c1ccc(Br)cn1. The lowest BCUT2D eigenvalue weighted by molar-refractivity contribution is -0.114. The average molecular weight is 325 g/mol. The molecule has 0 radical (unpaired) electrons. The molecule has 0 aliphatic heterocycles. The average Bonchev–Trinajstić information content (AvgIpc) is 2.73. The van der Waals surface area contributed by atoms with Crippen molar-refractivity contribution < 1.29 is 14.7 Å². The fraction of sp³-hybridized carbons (Fsp3) is 0.0909. The van der Waals surface area contributed by atoms with Crippen molar-refractivity contribution >= 4 is 33.6 Å². The number of nitrogens with one attached hydrogen (secondary N) is 1. The van der Waals surface area contributed by atoms with Crippen molar-refractivity contribution in [2.24, 2.45) is 0 Å². The number of carbonyl (C=O) groups is 2. The Morgan fingerprint density at radius 3 is 2.63 bits per heavy atom. The van der Waals surface area contributed by atoms with Crippen LogP contribution in [0.3, 0.4) is 0 Å². The summed E-state index contributed by atoms with van der Waals surface area (Å²) in [6.45, 7) is 1.29. The summed E-state index contributed by atoms with van der Waals surface area (Å²) in [4.78, 5) is 26.3. The third-order valence-corrected chi connectivity index (χ3v) is 2.69. The predicted octanol–water partition coefficient (Wildman–Crippen LogP) is 1.69. The van der Waals surface area contributed by atoms with Crippen molar-refractivity contribution in [1.29, 1.82) is 0 Å². The van der Waals surface area contributed by atoms with Crippen molar-refractivity contribution in [2.45, 2.75) is 6.92 Å². The molecule has 0 aliphatic carbocycles. The fourth-order valence-electron chi connectivity index (χ4n) is 1.46. The Bertz CT molecular complexity index is 636. The first-order valence-corrected chi connectivity index (χ1v) is 5.99. The van der Waals surface area contributed by atoms with E-state index in [2.05, 4.69) is 31.3 Å². The zero-order valence-electron chi connectivity index (χ0n) is 9.79. The molecule has 98 valence electrons. The molecule has 2 N–H and O–H groups in total. The summed E-state index contributed by atoms with van der Waals surface area (Å²) >= 11 is 3.25. The van der Waals surface area contributed by atoms with E-state index in [1.54, 1.807) is 18.3 Å². The summed E-state index contributed by atoms with van der Waals surface area (Å²) in [6, 6.07) is 3.38. The Hall–Kier alpha value is -2.22. The first-order chi connectivity index (χ1) is 8.99. The molecule has 0 unspecified atom stereocenters. The zero-order chi connectivity index (χ0) is 14.0. The Labute approximate surface area is 116 Å². The van der Waals surface area contributed by atoms with Gasteiger partial charge in [-0.15, -0.1) is 0 Å². The van der Waals surface area contributed by atoms with Crippen LogP contribution in [-0.4, -0.2) is 31.7 Å². The van der Waals surface area contributed by atoms with E-state index in [-0.39, 0.29) is 17.3 Å². The molecular weight excluding hydrogens is 316 g/mol. The van der Waals surface area contributed by atoms with Gasteiger partial charge in [-0.3, -0.25) is 4.79 Å². The van der Waals surface area contributed by atoms with E-state index in [0.717, 1.165) is 10.7 Å². The van der Waals surface area contributed by atoms with E-state index < -0.39 is 5.97 Å². The summed E-state index contributed by atoms with van der Waals surface area (Å²) < 4.78 is 2.04. The van der Waals surface area contributed by atoms with Crippen molar-refractivity contribution in [1.82, 2.24) is 14.8 Å². The maximum atomic E-state index is 11.2. The highest BCUT2D eigenvalue weighted by molar-refractivity contribution is 9.10. The number of halogens is 1. The largest absolute Gasteiger partial charge is 0.477 e. The van der Waals surface area contributed by atoms with Gasteiger partial charge in [0.05, 0.1) is 6.20 Å². The summed E-state index contributed by atoms with van der Waals surface area (Å²) in [5, 5.41) is 15.4. The van der Waals surface area contributed by atoms with Gasteiger partial charge in [-0.2, -0.15) is 9.78 Å². The number of amides is 1. The predicted molar refractivity (Wildman–Crippen MR) is 70.3 cm³/mol. The number of aromatic nitrogens is 3. The molecule has 0 bridgehead atoms. The number of pyridine rings is 1. The third kappa shape index (κ3) is 2.79. The van der Waals surface area contributed by atoms with Crippen LogP contribution in [-0.2, 0) is 4.79 Å². The maximum absolute atomic E-state index is 11.2. The number of hydrogen-bond acceptors (Lipinski definition) is 4. The molecule has 0 aromatic carbocycles. The maximum Gasteiger partial charge on any atom is 0.341 e. The zero-order valence-corrected chi connectivity index (χ0v) is 11.4. The van der Waals surface area contributed by atoms with Crippen LogP contribution in [0.1, 0.15) is 17.3 Å². The Kier molecular flexibility index (Phi) is 3.61. The van der Waals surface area contributed by atoms with Crippen LogP contribution >= 0.6 is 15.9 Å². The number of anilines is 1. The first-order valence-electron chi connectivity index (χ1n) is 5.20. The Balaban J connectivity index is 2.53. The summed E-state index contributed by atoms with van der Waals surface area (Å²) in [5.41, 5.74) is -0.0973. The van der Waals surface area contributed by atoms with Gasteiger partial charge in [0, 0.05) is 17.6 Å². The van der Waals surface area contributed by atoms with Gasteiger partial charge in [0.25, 0.3) is 0 Å². The molecule has 0 aliphatic rings. The molecule has 8 heteroatoms. The second-order valence-corrected chi connectivity index (χ2v) is 4.56. The van der Waals surface area contributed by atoms with Gasteiger partial charge in [-0.05, 0) is 28.1 Å². The number of nitrogens with zero attached hydrogens (tertiary/aromatic N) is 3. The molecule has 19 heavy (non-hydrogen) atoms. The molecule has 1 amide bonds. The molecule has 2 aromatic heterocycles. The smallest absolute Gasteiger partial charge is 0.341 e. The van der Waals surface area contributed by atoms with E-state index in [9.17, 15) is 9.59 Å². The number of carboxylic acid groups (broad SMARTS) is 1. The molecule has 2 aromatic rings. The monoisotopic (exact) mass is 324 g/mol. The molecule has 0 spiro atoms. The van der Waals surface area contributed by atoms with Crippen LogP contribution in [0.4, 0.5) is 5.82 Å². The molecule has 0 saturated carbocycles. The summed E-state index contributed by atoms with van der Waals surface area (Å²) in [5.74, 6) is -1.08. The van der Waals surface area contributed by atoms with Gasteiger partial charge in [0.2, 0.25) is 5.91 Å². The van der Waals surface area contributed by atoms with Crippen LogP contribution < -0.4 is 5.32 Å². The highest BCUT2D eigenvalue weighted by Crippen LogP contribution is 2.20. The van der Waals surface area contributed by atoms with Gasteiger partial charge in [-0.25, -0.2) is 9.78 Å². The second kappa shape index (κ2) is 5.19. The van der Waals surface area contributed by atoms with E-state index in [1.165, 1.54) is 11.6 Å². The molecule has 0 saturated heterocycles. The normalized spacial score (nSPS) is 10.2. The Morgan fingerprint density at radius 2 is 2.11 bits per heavy atom. The lowest BCUT2D eigenvalue weighted by Gasteiger charge is -2.07. The van der Waals surface area contributed by atoms with E-state index in [4.69, 9.17) is 5.11 Å². The van der Waals surface area contributed by atoms with Crippen LogP contribution in [0, 0.1) is 0 Å². The highest BCUT2D eigenvalue weighted by atomic mass is 79.9. The van der Waals surface area contributed by atoms with Crippen LogP contribution in [0.5, 0.6) is 0 Å². The summed E-state index contributed by atoms with van der Waals surface area (Å²) in [6.07, 6.45) is 2.71. The summed E-state index contributed by atoms with van der Waals surface area (Å²) in [7, 11) is 0. The van der Waals surface area contributed by atoms with E-state index in [0.29, 0.717) is 5.82 Å². The first kappa shape index (κ1) is 13.2. The van der Waals surface area contributed by atoms with Gasteiger partial charge < -0.3 is 10.4 Å². The molecule has 0 atom stereocenters. The second-order valence-electron chi connectivity index (χ2n) is 3.64. The number of hydrogen-bond donors (Lipinski definition) is 2. The van der Waals surface area contributed by atoms with Crippen molar-refractivity contribution in [2.75, 3.05) is 5.32 Å². The minimum atomic E-state index is -1.17. The number of carboxylic acids is 1. The van der Waals surface area contributed by atoms with Gasteiger partial charge >= 0.3 is 5.97 Å². The van der Waals surface area contributed by atoms with E-state index >= 15 is 0 Å². The standard InChI is InChI=1S/C11H9BrN4O3/c1-6(17)15-10-8(11(18)19)5-14-16(10)9-3-2-7(12)4-13-9/h2-5H,1H3,(H,15,17)(H,18,19). The van der Waals surface area contributed by atoms with Crippen molar-refractivity contribution in [3.8, 4) is 5.82 Å². The van der Waals surface area contributed by atoms with Crippen molar-refractivity contribution in [3.05, 3.63) is 34.6 Å². The fourth-order valence-corrected chi connectivity index (χ4v) is 1.69. The quantitative estimate of drug-likeness (QED) is 0.895. The molecule has 7 nitrogen and oxygen atoms in total.